The fourth-order valence-electron chi connectivity index (χ4n) is 1.19. The molecule has 1 rings (SSSR count). The van der Waals surface area contributed by atoms with Crippen molar-refractivity contribution in [2.75, 3.05) is 7.11 Å². The second-order valence-corrected chi connectivity index (χ2v) is 4.36. The molecule has 17 heavy (non-hydrogen) atoms. The normalized spacial score (nSPS) is 11.3. The van der Waals surface area contributed by atoms with Crippen LogP contribution in [0, 0.1) is 11.3 Å². The van der Waals surface area contributed by atoms with Crippen LogP contribution in [0.15, 0.2) is 11.2 Å². The monoisotopic (exact) mass is 263 g/mol. The molecule has 9 heteroatoms. The van der Waals surface area contributed by atoms with E-state index in [0.29, 0.717) is 6.20 Å². The Morgan fingerprint density at radius 3 is 2.53 bits per heavy atom. The lowest BCUT2D eigenvalue weighted by Gasteiger charge is -2.11. The summed E-state index contributed by atoms with van der Waals surface area (Å²) in [6.07, 6.45) is -2.37. The quantitative estimate of drug-likeness (QED) is 0.856. The van der Waals surface area contributed by atoms with E-state index < -0.39 is 38.4 Å². The van der Waals surface area contributed by atoms with Crippen LogP contribution < -0.4 is 9.88 Å². The van der Waals surface area contributed by atoms with Crippen molar-refractivity contribution in [3.8, 4) is 11.8 Å². The Bertz CT molecular complexity index is 580. The summed E-state index contributed by atoms with van der Waals surface area (Å²) in [6, 6.07) is 1.47. The molecule has 2 N–H and O–H groups in total. The Kier molecular flexibility index (Phi) is 3.59. The van der Waals surface area contributed by atoms with E-state index in [2.05, 4.69) is 9.72 Å². The smallest absolute Gasteiger partial charge is 0.268 e. The van der Waals surface area contributed by atoms with Gasteiger partial charge < -0.3 is 4.74 Å². The van der Waals surface area contributed by atoms with Gasteiger partial charge in [-0.1, -0.05) is 0 Å². The van der Waals surface area contributed by atoms with E-state index in [1.54, 1.807) is 0 Å². The number of hydrogen-bond donors (Lipinski definition) is 1. The van der Waals surface area contributed by atoms with Gasteiger partial charge >= 0.3 is 0 Å². The summed E-state index contributed by atoms with van der Waals surface area (Å²) in [4.78, 5) is 3.34. The first-order valence-electron chi connectivity index (χ1n) is 4.10. The molecule has 0 bridgehead atoms. The number of hydrogen-bond acceptors (Lipinski definition) is 5. The number of aromatic nitrogens is 1. The van der Waals surface area contributed by atoms with E-state index >= 15 is 0 Å². The molecule has 0 spiro atoms. The van der Waals surface area contributed by atoms with E-state index in [1.165, 1.54) is 6.07 Å². The van der Waals surface area contributed by atoms with Crippen molar-refractivity contribution in [2.45, 2.75) is 11.5 Å². The molecule has 0 fully saturated rings. The largest absolute Gasteiger partial charge is 0.493 e. The molecule has 0 aliphatic heterocycles. The third-order valence-electron chi connectivity index (χ3n) is 1.85. The summed E-state index contributed by atoms with van der Waals surface area (Å²) in [6.45, 7) is 0. The molecule has 0 unspecified atom stereocenters. The van der Waals surface area contributed by atoms with Crippen molar-refractivity contribution < 1.29 is 21.9 Å². The third-order valence-corrected chi connectivity index (χ3v) is 2.68. The standard InChI is InChI=1S/C8H7F2N3O3S/c1-16-6-5(7(9)10)4(2-11)3-13-8(6)17(12,14)15/h3,7H,1H3,(H2,12,14,15). The minimum atomic E-state index is -4.31. The Balaban J connectivity index is 3.72. The molecular weight excluding hydrogens is 256 g/mol. The highest BCUT2D eigenvalue weighted by Crippen LogP contribution is 2.35. The minimum absolute atomic E-state index is 0.468. The first-order chi connectivity index (χ1) is 7.82. The van der Waals surface area contributed by atoms with Gasteiger partial charge in [0, 0.05) is 6.20 Å². The first kappa shape index (κ1) is 13.3. The molecule has 1 heterocycles. The van der Waals surface area contributed by atoms with Gasteiger partial charge in [-0.2, -0.15) is 5.26 Å². The Morgan fingerprint density at radius 1 is 1.59 bits per heavy atom. The number of sulfonamides is 1. The predicted molar refractivity (Wildman–Crippen MR) is 51.8 cm³/mol. The van der Waals surface area contributed by atoms with E-state index in [4.69, 9.17) is 10.4 Å². The van der Waals surface area contributed by atoms with Crippen molar-refractivity contribution in [3.63, 3.8) is 0 Å². The third kappa shape index (κ3) is 2.48. The van der Waals surface area contributed by atoms with Crippen molar-refractivity contribution in [3.05, 3.63) is 17.3 Å². The van der Waals surface area contributed by atoms with E-state index in [-0.39, 0.29) is 0 Å². The topological polar surface area (TPSA) is 106 Å². The number of pyridine rings is 1. The maximum absolute atomic E-state index is 12.7. The van der Waals surface area contributed by atoms with Crippen molar-refractivity contribution in [1.29, 1.82) is 5.26 Å². The van der Waals surface area contributed by atoms with Gasteiger partial charge in [0.15, 0.2) is 5.75 Å². The highest BCUT2D eigenvalue weighted by molar-refractivity contribution is 7.89. The molecule has 0 radical (unpaired) electrons. The zero-order valence-corrected chi connectivity index (χ0v) is 9.33. The fraction of sp³-hybridized carbons (Fsp3) is 0.250. The summed E-state index contributed by atoms with van der Waals surface area (Å²) >= 11 is 0. The van der Waals surface area contributed by atoms with Crippen LogP contribution in [0.2, 0.25) is 0 Å². The highest BCUT2D eigenvalue weighted by Gasteiger charge is 2.27. The summed E-state index contributed by atoms with van der Waals surface area (Å²) in [5.41, 5.74) is -1.31. The maximum Gasteiger partial charge on any atom is 0.268 e. The second kappa shape index (κ2) is 4.60. The lowest BCUT2D eigenvalue weighted by Crippen LogP contribution is -2.17. The molecule has 92 valence electrons. The van der Waals surface area contributed by atoms with Crippen molar-refractivity contribution >= 4 is 10.0 Å². The van der Waals surface area contributed by atoms with Gasteiger partial charge in [-0.15, -0.1) is 0 Å². The fourth-order valence-corrected chi connectivity index (χ4v) is 1.85. The zero-order valence-electron chi connectivity index (χ0n) is 8.52. The Hall–Kier alpha value is -1.79. The molecule has 0 amide bonds. The molecule has 0 aliphatic rings. The SMILES string of the molecule is COc1c(S(N)(=O)=O)ncc(C#N)c1C(F)F. The number of halogens is 2. The number of nitrogens with zero attached hydrogens (tertiary/aromatic N) is 2. The van der Waals surface area contributed by atoms with Crippen LogP contribution in [0.3, 0.4) is 0 Å². The van der Waals surface area contributed by atoms with Crippen LogP contribution in [-0.4, -0.2) is 20.5 Å². The second-order valence-electron chi connectivity index (χ2n) is 2.88. The average Bonchev–Trinajstić information content (AvgIpc) is 2.25. The summed E-state index contributed by atoms with van der Waals surface area (Å²) < 4.78 is 52.2. The number of primary sulfonamides is 1. The lowest BCUT2D eigenvalue weighted by molar-refractivity contribution is 0.145. The van der Waals surface area contributed by atoms with Gasteiger partial charge in [-0.3, -0.25) is 0 Å². The highest BCUT2D eigenvalue weighted by atomic mass is 32.2. The van der Waals surface area contributed by atoms with Gasteiger partial charge in [-0.05, 0) is 0 Å². The number of rotatable bonds is 3. The summed E-state index contributed by atoms with van der Waals surface area (Å²) in [7, 11) is -3.32. The van der Waals surface area contributed by atoms with Crippen LogP contribution >= 0.6 is 0 Å². The molecule has 0 saturated heterocycles. The molecule has 0 aromatic carbocycles. The first-order valence-corrected chi connectivity index (χ1v) is 5.65. The number of nitrogens with two attached hydrogens (primary N) is 1. The van der Waals surface area contributed by atoms with Gasteiger partial charge in [0.2, 0.25) is 5.03 Å². The van der Waals surface area contributed by atoms with Crippen LogP contribution in [0.1, 0.15) is 17.6 Å². The van der Waals surface area contributed by atoms with Crippen molar-refractivity contribution in [1.82, 2.24) is 4.98 Å². The van der Waals surface area contributed by atoms with Crippen LogP contribution in [0.4, 0.5) is 8.78 Å². The summed E-state index contributed by atoms with van der Waals surface area (Å²) in [5, 5.41) is 12.6. The minimum Gasteiger partial charge on any atom is -0.493 e. The Labute approximate surface area is 95.7 Å². The molecule has 1 aromatic rings. The molecule has 0 saturated carbocycles. The molecule has 1 aromatic heterocycles. The maximum atomic E-state index is 12.7. The van der Waals surface area contributed by atoms with Crippen LogP contribution in [0.25, 0.3) is 0 Å². The van der Waals surface area contributed by atoms with Crippen molar-refractivity contribution in [2.24, 2.45) is 5.14 Å². The molecular formula is C8H7F2N3O3S. The van der Waals surface area contributed by atoms with Gasteiger partial charge in [-0.25, -0.2) is 27.3 Å². The molecule has 0 atom stereocenters. The lowest BCUT2D eigenvalue weighted by atomic mass is 10.1. The van der Waals surface area contributed by atoms with Crippen LogP contribution in [-0.2, 0) is 10.0 Å². The van der Waals surface area contributed by atoms with Gasteiger partial charge in [0.25, 0.3) is 16.4 Å². The molecule has 6 nitrogen and oxygen atoms in total. The van der Waals surface area contributed by atoms with Crippen LogP contribution in [0.5, 0.6) is 5.75 Å². The van der Waals surface area contributed by atoms with Gasteiger partial charge in [0.05, 0.1) is 18.2 Å². The van der Waals surface area contributed by atoms with E-state index in [0.717, 1.165) is 7.11 Å². The Morgan fingerprint density at radius 2 is 2.18 bits per heavy atom. The number of ether oxygens (including phenoxy) is 1. The predicted octanol–water partition coefficient (Wildman–Crippen LogP) is 0.547. The summed E-state index contributed by atoms with van der Waals surface area (Å²) in [5.74, 6) is -0.707. The number of alkyl halides is 2. The number of nitriles is 1. The number of methoxy groups -OCH3 is 1. The van der Waals surface area contributed by atoms with E-state index in [1.807, 2.05) is 0 Å². The average molecular weight is 263 g/mol. The van der Waals surface area contributed by atoms with E-state index in [9.17, 15) is 17.2 Å². The molecule has 0 aliphatic carbocycles. The zero-order chi connectivity index (χ0) is 13.2. The van der Waals surface area contributed by atoms with Gasteiger partial charge in [0.1, 0.15) is 6.07 Å².